The predicted molar refractivity (Wildman–Crippen MR) is 70.7 cm³/mol. The smallest absolute Gasteiger partial charge is 0.180 e. The van der Waals surface area contributed by atoms with Crippen LogP contribution in [0.1, 0.15) is 13.3 Å². The normalized spacial score (nSPS) is 10.3. The summed E-state index contributed by atoms with van der Waals surface area (Å²) in [4.78, 5) is 10.9. The lowest BCUT2D eigenvalue weighted by molar-refractivity contribution is 0.809. The fourth-order valence-electron chi connectivity index (χ4n) is 1.85. The second-order valence-electron chi connectivity index (χ2n) is 3.85. The van der Waals surface area contributed by atoms with Crippen molar-refractivity contribution in [3.63, 3.8) is 0 Å². The molecule has 0 aliphatic heterocycles. The van der Waals surface area contributed by atoms with Gasteiger partial charge >= 0.3 is 0 Å². The highest BCUT2D eigenvalue weighted by Crippen LogP contribution is 2.20. The van der Waals surface area contributed by atoms with Gasteiger partial charge in [-0.05, 0) is 6.92 Å². The number of nitriles is 1. The standard InChI is InChI=1S/C12H16N6/c1-3-17(7-4-5-13)12-11-15-6-8-18(11)9-10(14-2)16-12/h6,8-9,14H,3-4,7H2,1-2H3. The second kappa shape index (κ2) is 5.36. The van der Waals surface area contributed by atoms with E-state index in [-0.39, 0.29) is 0 Å². The summed E-state index contributed by atoms with van der Waals surface area (Å²) in [6.07, 6.45) is 6.01. The third kappa shape index (κ3) is 2.20. The van der Waals surface area contributed by atoms with Crippen LogP contribution < -0.4 is 10.2 Å². The molecule has 0 aliphatic rings. The van der Waals surface area contributed by atoms with Crippen molar-refractivity contribution < 1.29 is 0 Å². The highest BCUT2D eigenvalue weighted by molar-refractivity contribution is 5.66. The minimum Gasteiger partial charge on any atom is -0.372 e. The monoisotopic (exact) mass is 244 g/mol. The van der Waals surface area contributed by atoms with E-state index in [1.54, 1.807) is 6.20 Å². The number of nitrogens with one attached hydrogen (secondary N) is 1. The Labute approximate surface area is 106 Å². The van der Waals surface area contributed by atoms with Gasteiger partial charge in [0.05, 0.1) is 18.7 Å². The molecule has 0 saturated carbocycles. The molecule has 0 unspecified atom stereocenters. The fraction of sp³-hybridized carbons (Fsp3) is 0.417. The highest BCUT2D eigenvalue weighted by Gasteiger charge is 2.13. The Balaban J connectivity index is 2.46. The van der Waals surface area contributed by atoms with Gasteiger partial charge in [-0.15, -0.1) is 0 Å². The maximum Gasteiger partial charge on any atom is 0.180 e. The third-order valence-electron chi connectivity index (χ3n) is 2.79. The lowest BCUT2D eigenvalue weighted by atomic mass is 10.4. The van der Waals surface area contributed by atoms with Gasteiger partial charge < -0.3 is 14.6 Å². The topological polar surface area (TPSA) is 69.2 Å². The van der Waals surface area contributed by atoms with Crippen LogP contribution in [-0.2, 0) is 0 Å². The lowest BCUT2D eigenvalue weighted by Gasteiger charge is -2.21. The van der Waals surface area contributed by atoms with E-state index in [4.69, 9.17) is 5.26 Å². The van der Waals surface area contributed by atoms with Gasteiger partial charge in [-0.1, -0.05) is 0 Å². The number of anilines is 2. The third-order valence-corrected chi connectivity index (χ3v) is 2.79. The van der Waals surface area contributed by atoms with Crippen molar-refractivity contribution in [2.24, 2.45) is 0 Å². The summed E-state index contributed by atoms with van der Waals surface area (Å²) in [5.74, 6) is 1.59. The van der Waals surface area contributed by atoms with Crippen LogP contribution in [0.5, 0.6) is 0 Å². The average molecular weight is 244 g/mol. The van der Waals surface area contributed by atoms with E-state index < -0.39 is 0 Å². The van der Waals surface area contributed by atoms with E-state index in [2.05, 4.69) is 26.3 Å². The Morgan fingerprint density at radius 2 is 2.39 bits per heavy atom. The number of rotatable bonds is 5. The van der Waals surface area contributed by atoms with Gasteiger partial charge in [0.25, 0.3) is 0 Å². The number of aromatic nitrogens is 3. The van der Waals surface area contributed by atoms with Crippen LogP contribution in [-0.4, -0.2) is 34.5 Å². The van der Waals surface area contributed by atoms with Crippen LogP contribution in [0.4, 0.5) is 11.6 Å². The molecule has 2 aromatic heterocycles. The summed E-state index contributed by atoms with van der Waals surface area (Å²) in [6.45, 7) is 3.50. The van der Waals surface area contributed by atoms with Crippen LogP contribution in [0, 0.1) is 11.3 Å². The van der Waals surface area contributed by atoms with Crippen molar-refractivity contribution in [3.8, 4) is 6.07 Å². The number of imidazole rings is 1. The van der Waals surface area contributed by atoms with E-state index in [9.17, 15) is 0 Å². The summed E-state index contributed by atoms with van der Waals surface area (Å²) < 4.78 is 1.93. The van der Waals surface area contributed by atoms with Crippen molar-refractivity contribution in [1.82, 2.24) is 14.4 Å². The number of fused-ring (bicyclic) bond motifs is 1. The number of nitrogens with zero attached hydrogens (tertiary/aromatic N) is 5. The largest absolute Gasteiger partial charge is 0.372 e. The molecule has 0 bridgehead atoms. The molecule has 0 radical (unpaired) electrons. The number of hydrogen-bond acceptors (Lipinski definition) is 5. The van der Waals surface area contributed by atoms with E-state index in [1.165, 1.54) is 0 Å². The van der Waals surface area contributed by atoms with Gasteiger partial charge in [0, 0.05) is 32.5 Å². The van der Waals surface area contributed by atoms with Gasteiger partial charge in [0.1, 0.15) is 5.82 Å². The molecule has 0 atom stereocenters. The predicted octanol–water partition coefficient (Wildman–Crippen LogP) is 1.51. The minimum absolute atomic E-state index is 0.478. The first-order valence-corrected chi connectivity index (χ1v) is 5.93. The van der Waals surface area contributed by atoms with E-state index in [0.717, 1.165) is 23.8 Å². The van der Waals surface area contributed by atoms with Gasteiger partial charge in [-0.3, -0.25) is 0 Å². The molecule has 6 heteroatoms. The van der Waals surface area contributed by atoms with Crippen LogP contribution in [0.15, 0.2) is 18.6 Å². The van der Waals surface area contributed by atoms with Gasteiger partial charge in [0.2, 0.25) is 0 Å². The molecule has 18 heavy (non-hydrogen) atoms. The first-order valence-electron chi connectivity index (χ1n) is 5.93. The summed E-state index contributed by atoms with van der Waals surface area (Å²) >= 11 is 0. The summed E-state index contributed by atoms with van der Waals surface area (Å²) in [5, 5.41) is 11.7. The Hall–Kier alpha value is -2.29. The Bertz CT molecular complexity index is 567. The number of hydrogen-bond donors (Lipinski definition) is 1. The maximum absolute atomic E-state index is 8.70. The molecular weight excluding hydrogens is 228 g/mol. The Morgan fingerprint density at radius 1 is 1.56 bits per heavy atom. The Kier molecular flexibility index (Phi) is 3.63. The van der Waals surface area contributed by atoms with E-state index >= 15 is 0 Å². The zero-order valence-corrected chi connectivity index (χ0v) is 10.6. The zero-order valence-electron chi connectivity index (χ0n) is 10.6. The second-order valence-corrected chi connectivity index (χ2v) is 3.85. The van der Waals surface area contributed by atoms with Gasteiger partial charge in [-0.25, -0.2) is 9.97 Å². The van der Waals surface area contributed by atoms with Crippen molar-refractivity contribution in [3.05, 3.63) is 18.6 Å². The van der Waals surface area contributed by atoms with Crippen molar-refractivity contribution in [2.45, 2.75) is 13.3 Å². The van der Waals surface area contributed by atoms with Crippen molar-refractivity contribution in [2.75, 3.05) is 30.4 Å². The quantitative estimate of drug-likeness (QED) is 0.863. The molecule has 0 aromatic carbocycles. The molecule has 1 N–H and O–H groups in total. The molecule has 0 spiro atoms. The summed E-state index contributed by atoms with van der Waals surface area (Å²) in [5.41, 5.74) is 0.814. The van der Waals surface area contributed by atoms with Crippen molar-refractivity contribution in [1.29, 1.82) is 5.26 Å². The SMILES string of the molecule is CCN(CCC#N)c1nc(NC)cn2ccnc12. The van der Waals surface area contributed by atoms with Gasteiger partial charge in [-0.2, -0.15) is 5.26 Å². The molecule has 2 rings (SSSR count). The highest BCUT2D eigenvalue weighted by atomic mass is 15.2. The maximum atomic E-state index is 8.70. The van der Waals surface area contributed by atoms with Crippen molar-refractivity contribution >= 4 is 17.3 Å². The molecule has 6 nitrogen and oxygen atoms in total. The first-order chi connectivity index (χ1) is 8.80. The van der Waals surface area contributed by atoms with Crippen LogP contribution >= 0.6 is 0 Å². The molecule has 2 heterocycles. The lowest BCUT2D eigenvalue weighted by Crippen LogP contribution is -2.25. The van der Waals surface area contributed by atoms with E-state index in [1.807, 2.05) is 30.8 Å². The molecule has 2 aromatic rings. The van der Waals surface area contributed by atoms with Crippen LogP contribution in [0.3, 0.4) is 0 Å². The minimum atomic E-state index is 0.478. The molecule has 0 saturated heterocycles. The fourth-order valence-corrected chi connectivity index (χ4v) is 1.85. The van der Waals surface area contributed by atoms with Crippen LogP contribution in [0.2, 0.25) is 0 Å². The first kappa shape index (κ1) is 12.2. The molecule has 94 valence electrons. The summed E-state index contributed by atoms with van der Waals surface area (Å²) in [7, 11) is 1.83. The zero-order chi connectivity index (χ0) is 13.0. The Morgan fingerprint density at radius 3 is 3.06 bits per heavy atom. The molecule has 0 fully saturated rings. The molecule has 0 amide bonds. The molecular formula is C12H16N6. The van der Waals surface area contributed by atoms with E-state index in [0.29, 0.717) is 13.0 Å². The molecule has 0 aliphatic carbocycles. The summed E-state index contributed by atoms with van der Waals surface area (Å²) in [6, 6.07) is 2.16. The van der Waals surface area contributed by atoms with Crippen LogP contribution in [0.25, 0.3) is 5.65 Å². The van der Waals surface area contributed by atoms with Gasteiger partial charge in [0.15, 0.2) is 11.5 Å². The average Bonchev–Trinajstić information content (AvgIpc) is 2.87.